The first-order valence-electron chi connectivity index (χ1n) is 12.4. The molecule has 0 aromatic carbocycles. The van der Waals surface area contributed by atoms with Gasteiger partial charge in [-0.15, -0.1) is 0 Å². The highest BCUT2D eigenvalue weighted by molar-refractivity contribution is 7.87. The smallest absolute Gasteiger partial charge is 0.327 e. The van der Waals surface area contributed by atoms with Crippen molar-refractivity contribution in [3.8, 4) is 0 Å². The van der Waals surface area contributed by atoms with Crippen molar-refractivity contribution >= 4 is 22.1 Å². The number of hydrogen-bond acceptors (Lipinski definition) is 6. The van der Waals surface area contributed by atoms with E-state index in [2.05, 4.69) is 27.7 Å². The molecular weight excluding hydrogens is 432 g/mol. The molecule has 0 fully saturated rings. The van der Waals surface area contributed by atoms with E-state index >= 15 is 0 Å². The molecule has 0 aliphatic heterocycles. The van der Waals surface area contributed by atoms with E-state index in [1.54, 1.807) is 0 Å². The topological polar surface area (TPSA) is 107 Å². The highest BCUT2D eigenvalue weighted by Gasteiger charge is 2.35. The Labute approximate surface area is 195 Å². The maximum atomic E-state index is 12.1. The second-order valence-electron chi connectivity index (χ2n) is 9.03. The van der Waals surface area contributed by atoms with Gasteiger partial charge in [-0.05, 0) is 24.7 Å². The number of carbonyl (C=O) groups excluding carboxylic acids is 2. The lowest BCUT2D eigenvalue weighted by Gasteiger charge is -2.13. The zero-order valence-corrected chi connectivity index (χ0v) is 21.5. The highest BCUT2D eigenvalue weighted by atomic mass is 32.2. The summed E-state index contributed by atoms with van der Waals surface area (Å²) in [4.78, 5) is 24.0. The van der Waals surface area contributed by atoms with Gasteiger partial charge in [-0.1, -0.05) is 91.9 Å². The van der Waals surface area contributed by atoms with Crippen LogP contribution in [0.5, 0.6) is 0 Å². The van der Waals surface area contributed by atoms with Crippen molar-refractivity contribution in [3.05, 3.63) is 0 Å². The van der Waals surface area contributed by atoms with Crippen LogP contribution >= 0.6 is 0 Å². The molecule has 0 saturated carbocycles. The maximum absolute atomic E-state index is 12.1. The third kappa shape index (κ3) is 16.5. The Morgan fingerprint density at radius 1 is 0.750 bits per heavy atom. The Balaban J connectivity index is 4.12. The Bertz CT molecular complexity index is 603. The maximum Gasteiger partial charge on any atom is 0.327 e. The summed E-state index contributed by atoms with van der Waals surface area (Å²) in [5, 5.41) is -1.93. The molecule has 0 bridgehead atoms. The van der Waals surface area contributed by atoms with Gasteiger partial charge in [-0.3, -0.25) is 14.1 Å². The quantitative estimate of drug-likeness (QED) is 0.136. The van der Waals surface area contributed by atoms with Gasteiger partial charge in [0.15, 0.2) is 5.25 Å². The van der Waals surface area contributed by atoms with Crippen LogP contribution in [0, 0.1) is 11.8 Å². The van der Waals surface area contributed by atoms with Crippen LogP contribution in [-0.2, 0) is 29.2 Å². The van der Waals surface area contributed by atoms with Gasteiger partial charge in [0.2, 0.25) is 0 Å². The summed E-state index contributed by atoms with van der Waals surface area (Å²) in [6.45, 7) is 9.04. The van der Waals surface area contributed by atoms with Crippen LogP contribution in [0.2, 0.25) is 0 Å². The lowest BCUT2D eigenvalue weighted by Crippen LogP contribution is -2.34. The molecule has 0 radical (unpaired) electrons. The Kier molecular flexibility index (Phi) is 17.6. The third-order valence-electron chi connectivity index (χ3n) is 6.06. The van der Waals surface area contributed by atoms with E-state index in [1.165, 1.54) is 19.3 Å². The zero-order chi connectivity index (χ0) is 24.4. The average molecular weight is 479 g/mol. The van der Waals surface area contributed by atoms with Gasteiger partial charge in [-0.2, -0.15) is 8.42 Å². The molecule has 0 aliphatic rings. The average Bonchev–Trinajstić information content (AvgIpc) is 2.74. The van der Waals surface area contributed by atoms with E-state index in [4.69, 9.17) is 9.47 Å². The lowest BCUT2D eigenvalue weighted by molar-refractivity contribution is -0.150. The van der Waals surface area contributed by atoms with E-state index in [-0.39, 0.29) is 13.2 Å². The second-order valence-corrected chi connectivity index (χ2v) is 10.6. The summed E-state index contributed by atoms with van der Waals surface area (Å²) >= 11 is 0. The Morgan fingerprint density at radius 3 is 1.62 bits per heavy atom. The van der Waals surface area contributed by atoms with Crippen LogP contribution in [0.4, 0.5) is 0 Å². The number of hydrogen-bond donors (Lipinski definition) is 1. The molecule has 7 nitrogen and oxygen atoms in total. The first-order valence-corrected chi connectivity index (χ1v) is 13.9. The molecular formula is C24H46O7S. The van der Waals surface area contributed by atoms with Crippen molar-refractivity contribution in [1.29, 1.82) is 0 Å². The molecule has 0 spiro atoms. The first-order chi connectivity index (χ1) is 15.1. The number of ether oxygens (including phenoxy) is 2. The molecule has 8 heteroatoms. The van der Waals surface area contributed by atoms with Crippen molar-refractivity contribution in [2.45, 2.75) is 116 Å². The molecule has 0 saturated heterocycles. The molecule has 0 aromatic rings. The molecule has 0 amide bonds. The van der Waals surface area contributed by atoms with Gasteiger partial charge in [0, 0.05) is 0 Å². The van der Waals surface area contributed by atoms with Gasteiger partial charge in [0.25, 0.3) is 10.1 Å². The fourth-order valence-corrected chi connectivity index (χ4v) is 3.94. The van der Waals surface area contributed by atoms with Crippen LogP contribution < -0.4 is 0 Å². The predicted octanol–water partition coefficient (Wildman–Crippen LogP) is 5.71. The van der Waals surface area contributed by atoms with E-state index in [9.17, 15) is 22.6 Å². The largest absolute Gasteiger partial charge is 0.466 e. The normalized spacial score (nSPS) is 14.5. The molecule has 0 rings (SSSR count). The molecule has 3 atom stereocenters. The number of esters is 2. The Morgan fingerprint density at radius 2 is 1.19 bits per heavy atom. The third-order valence-corrected chi connectivity index (χ3v) is 7.14. The summed E-state index contributed by atoms with van der Waals surface area (Å²) in [5.41, 5.74) is 0. The molecule has 1 N–H and O–H groups in total. The van der Waals surface area contributed by atoms with Crippen LogP contribution in [0.3, 0.4) is 0 Å². The molecule has 0 aliphatic carbocycles. The minimum absolute atomic E-state index is 0.0693. The minimum atomic E-state index is -4.75. The van der Waals surface area contributed by atoms with Crippen LogP contribution in [0.25, 0.3) is 0 Å². The van der Waals surface area contributed by atoms with Gasteiger partial charge in [0.1, 0.15) is 0 Å². The summed E-state index contributed by atoms with van der Waals surface area (Å²) in [6.07, 6.45) is 11.4. The van der Waals surface area contributed by atoms with Crippen molar-refractivity contribution in [2.75, 3.05) is 13.2 Å². The fraction of sp³-hybridized carbons (Fsp3) is 0.917. The zero-order valence-electron chi connectivity index (χ0n) is 20.6. The molecule has 0 aromatic heterocycles. The minimum Gasteiger partial charge on any atom is -0.466 e. The van der Waals surface area contributed by atoms with Crippen molar-refractivity contribution in [2.24, 2.45) is 11.8 Å². The van der Waals surface area contributed by atoms with Crippen LogP contribution in [0.15, 0.2) is 0 Å². The highest BCUT2D eigenvalue weighted by Crippen LogP contribution is 2.15. The van der Waals surface area contributed by atoms with Gasteiger partial charge in [-0.25, -0.2) is 0 Å². The van der Waals surface area contributed by atoms with Crippen molar-refractivity contribution in [1.82, 2.24) is 0 Å². The summed E-state index contributed by atoms with van der Waals surface area (Å²) in [7, 11) is -4.75. The number of unbranched alkanes of at least 4 members (excludes halogenated alkanes) is 6. The van der Waals surface area contributed by atoms with E-state index in [0.29, 0.717) is 18.8 Å². The van der Waals surface area contributed by atoms with Gasteiger partial charge < -0.3 is 9.47 Å². The monoisotopic (exact) mass is 478 g/mol. The van der Waals surface area contributed by atoms with Crippen molar-refractivity contribution in [3.63, 3.8) is 0 Å². The second kappa shape index (κ2) is 18.3. The van der Waals surface area contributed by atoms with Crippen molar-refractivity contribution < 1.29 is 32.0 Å². The lowest BCUT2D eigenvalue weighted by atomic mass is 10.0. The molecule has 3 unspecified atom stereocenters. The first kappa shape index (κ1) is 30.9. The molecule has 32 heavy (non-hydrogen) atoms. The molecule has 0 heterocycles. The Hall–Kier alpha value is -1.15. The number of carbonyl (C=O) groups is 2. The van der Waals surface area contributed by atoms with Crippen LogP contribution in [0.1, 0.15) is 111 Å². The summed E-state index contributed by atoms with van der Waals surface area (Å²) in [6, 6.07) is 0. The standard InChI is InChI=1S/C24H46O7S/c1-5-20(3)15-11-7-9-13-17-30-23(25)19-22(32(27,28)29)24(26)31-18-14-10-8-12-16-21(4)6-2/h20-22H,5-19H2,1-4H3,(H,27,28,29). The SMILES string of the molecule is CCC(C)CCCCCCOC(=O)CC(C(=O)OCCCCCCC(C)CC)S(=O)(=O)O. The number of rotatable bonds is 20. The van der Waals surface area contributed by atoms with E-state index in [0.717, 1.165) is 50.9 Å². The van der Waals surface area contributed by atoms with Crippen LogP contribution in [-0.4, -0.2) is 43.4 Å². The van der Waals surface area contributed by atoms with Gasteiger partial charge >= 0.3 is 11.9 Å². The fourth-order valence-electron chi connectivity index (χ4n) is 3.28. The van der Waals surface area contributed by atoms with E-state index in [1.807, 2.05) is 0 Å². The summed E-state index contributed by atoms with van der Waals surface area (Å²) < 4.78 is 42.5. The van der Waals surface area contributed by atoms with E-state index < -0.39 is 33.7 Å². The summed E-state index contributed by atoms with van der Waals surface area (Å²) in [5.74, 6) is -0.499. The predicted molar refractivity (Wildman–Crippen MR) is 127 cm³/mol. The molecule has 190 valence electrons. The van der Waals surface area contributed by atoms with Gasteiger partial charge in [0.05, 0.1) is 19.6 Å².